The van der Waals surface area contributed by atoms with Crippen LogP contribution in [0.5, 0.6) is 5.88 Å². The van der Waals surface area contributed by atoms with Crippen molar-refractivity contribution < 1.29 is 31.4 Å². The molecule has 0 amide bonds. The molecule has 0 saturated heterocycles. The summed E-state index contributed by atoms with van der Waals surface area (Å²) in [5, 5.41) is 7.08. The van der Waals surface area contributed by atoms with E-state index in [0.717, 1.165) is 4.40 Å². The largest absolute Gasteiger partial charge is 0.465 e. The first-order valence-electron chi connectivity index (χ1n) is 8.58. The maximum Gasteiger partial charge on any atom is 0.425 e. The minimum absolute atomic E-state index is 0.0759. The Kier molecular flexibility index (Phi) is 5.64. The summed E-state index contributed by atoms with van der Waals surface area (Å²) in [5.74, 6) is -0.936. The Labute approximate surface area is 161 Å². The van der Waals surface area contributed by atoms with Crippen LogP contribution in [0.2, 0.25) is 0 Å². The van der Waals surface area contributed by atoms with Crippen LogP contribution in [0.15, 0.2) is 30.7 Å². The average molecular weight is 417 g/mol. The van der Waals surface area contributed by atoms with Gasteiger partial charge in [0.2, 0.25) is 11.7 Å². The summed E-state index contributed by atoms with van der Waals surface area (Å²) in [6.45, 7) is 2.53. The zero-order chi connectivity index (χ0) is 21.2. The zero-order valence-electron chi connectivity index (χ0n) is 15.3. The van der Waals surface area contributed by atoms with E-state index in [2.05, 4.69) is 24.9 Å². The number of pyridine rings is 1. The predicted molar refractivity (Wildman–Crippen MR) is 90.3 cm³/mol. The van der Waals surface area contributed by atoms with E-state index in [4.69, 9.17) is 4.74 Å². The van der Waals surface area contributed by atoms with E-state index >= 15 is 0 Å². The van der Waals surface area contributed by atoms with Crippen LogP contribution in [0, 0.1) is 0 Å². The van der Waals surface area contributed by atoms with Gasteiger partial charge in [-0.15, -0.1) is 10.2 Å². The summed E-state index contributed by atoms with van der Waals surface area (Å²) in [6, 6.07) is 2.67. The molecule has 3 rings (SSSR count). The van der Waals surface area contributed by atoms with Crippen molar-refractivity contribution in [2.75, 3.05) is 6.61 Å². The minimum Gasteiger partial charge on any atom is -0.465 e. The third-order valence-electron chi connectivity index (χ3n) is 3.91. The lowest BCUT2D eigenvalue weighted by Crippen LogP contribution is -2.33. The number of ether oxygens (including phenoxy) is 2. The van der Waals surface area contributed by atoms with Crippen LogP contribution in [0.3, 0.4) is 0 Å². The Morgan fingerprint density at radius 1 is 1.03 bits per heavy atom. The second-order valence-electron chi connectivity index (χ2n) is 5.92. The Morgan fingerprint density at radius 2 is 1.79 bits per heavy atom. The van der Waals surface area contributed by atoms with Crippen molar-refractivity contribution in [2.24, 2.45) is 0 Å². The summed E-state index contributed by atoms with van der Waals surface area (Å²) >= 11 is 0. The molecule has 12 heteroatoms. The predicted octanol–water partition coefficient (Wildman–Crippen LogP) is 3.99. The Bertz CT molecular complexity index is 974. The summed E-state index contributed by atoms with van der Waals surface area (Å²) in [5.41, 5.74) is 0.679. The molecule has 0 unspecified atom stereocenters. The topological polar surface area (TPSA) is 74.4 Å². The lowest BCUT2D eigenvalue weighted by molar-refractivity contribution is -0.251. The maximum atomic E-state index is 14.1. The molecule has 1 atom stereocenters. The van der Waals surface area contributed by atoms with Gasteiger partial charge in [0.05, 0.1) is 18.5 Å². The second kappa shape index (κ2) is 7.85. The van der Waals surface area contributed by atoms with E-state index in [-0.39, 0.29) is 30.2 Å². The van der Waals surface area contributed by atoms with Crippen molar-refractivity contribution in [2.45, 2.75) is 38.7 Å². The van der Waals surface area contributed by atoms with Gasteiger partial charge in [0.1, 0.15) is 0 Å². The van der Waals surface area contributed by atoms with E-state index < -0.39 is 24.2 Å². The highest BCUT2D eigenvalue weighted by Crippen LogP contribution is 2.30. The van der Waals surface area contributed by atoms with Gasteiger partial charge in [0, 0.05) is 24.0 Å². The highest BCUT2D eigenvalue weighted by molar-refractivity contribution is 5.59. The molecular formula is C17H16F5N5O2. The lowest BCUT2D eigenvalue weighted by Gasteiger charge is -2.19. The molecule has 0 aromatic carbocycles. The van der Waals surface area contributed by atoms with Gasteiger partial charge in [-0.05, 0) is 19.4 Å². The molecule has 0 fully saturated rings. The molecule has 7 nitrogen and oxygen atoms in total. The van der Waals surface area contributed by atoms with E-state index in [1.54, 1.807) is 0 Å². The van der Waals surface area contributed by atoms with Crippen molar-refractivity contribution in [3.63, 3.8) is 0 Å². The molecule has 0 saturated carbocycles. The molecule has 0 aliphatic carbocycles. The van der Waals surface area contributed by atoms with Crippen LogP contribution in [0.25, 0.3) is 16.9 Å². The molecule has 0 bridgehead atoms. The summed E-state index contributed by atoms with van der Waals surface area (Å²) in [4.78, 5) is 7.94. The molecule has 0 radical (unpaired) electrons. The number of halogens is 5. The Hall–Kier alpha value is -2.89. The van der Waals surface area contributed by atoms with Gasteiger partial charge < -0.3 is 9.47 Å². The van der Waals surface area contributed by atoms with Crippen molar-refractivity contribution in [3.8, 4) is 17.1 Å². The standard InChI is InChI=1S/C17H16F5N5O2/c1-3-12(16(18,19)20)29-14-6-5-10(7-24-14)11-9-27-13(8-23-11)25-26-15(27)17(21,22)28-4-2/h5-9,12H,3-4H2,1-2H3/t12-/m1/s1. The van der Waals surface area contributed by atoms with Crippen LogP contribution >= 0.6 is 0 Å². The first-order chi connectivity index (χ1) is 13.7. The zero-order valence-corrected chi connectivity index (χ0v) is 15.3. The minimum atomic E-state index is -4.52. The molecule has 0 N–H and O–H groups in total. The molecule has 156 valence electrons. The summed E-state index contributed by atoms with van der Waals surface area (Å²) in [7, 11) is 0. The highest BCUT2D eigenvalue weighted by atomic mass is 19.4. The third kappa shape index (κ3) is 4.42. The quantitative estimate of drug-likeness (QED) is 0.541. The molecule has 0 aliphatic rings. The van der Waals surface area contributed by atoms with E-state index in [0.29, 0.717) is 5.56 Å². The number of fused-ring (bicyclic) bond motifs is 1. The number of alkyl halides is 5. The van der Waals surface area contributed by atoms with E-state index in [1.165, 1.54) is 44.6 Å². The Balaban J connectivity index is 1.89. The molecule has 29 heavy (non-hydrogen) atoms. The van der Waals surface area contributed by atoms with Crippen molar-refractivity contribution in [1.29, 1.82) is 0 Å². The van der Waals surface area contributed by atoms with Gasteiger partial charge in [-0.3, -0.25) is 9.38 Å². The first kappa shape index (κ1) is 20.8. The fourth-order valence-corrected chi connectivity index (χ4v) is 2.52. The molecule has 3 aromatic heterocycles. The van der Waals surface area contributed by atoms with Gasteiger partial charge in [0.25, 0.3) is 0 Å². The summed E-state index contributed by atoms with van der Waals surface area (Å²) < 4.78 is 76.9. The number of nitrogens with zero attached hydrogens (tertiary/aromatic N) is 5. The molecular weight excluding hydrogens is 401 g/mol. The lowest BCUT2D eigenvalue weighted by atomic mass is 10.2. The van der Waals surface area contributed by atoms with E-state index in [1.807, 2.05) is 0 Å². The number of hydrogen-bond acceptors (Lipinski definition) is 6. The van der Waals surface area contributed by atoms with Crippen LogP contribution in [0.4, 0.5) is 22.0 Å². The highest BCUT2D eigenvalue weighted by Gasteiger charge is 2.41. The fourth-order valence-electron chi connectivity index (χ4n) is 2.52. The van der Waals surface area contributed by atoms with Gasteiger partial charge >= 0.3 is 12.3 Å². The number of aromatic nitrogens is 5. The maximum absolute atomic E-state index is 14.1. The average Bonchev–Trinajstić information content (AvgIpc) is 3.09. The van der Waals surface area contributed by atoms with Crippen LogP contribution in [0.1, 0.15) is 26.1 Å². The van der Waals surface area contributed by atoms with Gasteiger partial charge in [-0.2, -0.15) is 22.0 Å². The second-order valence-corrected chi connectivity index (χ2v) is 5.92. The van der Waals surface area contributed by atoms with Crippen molar-refractivity contribution in [1.82, 2.24) is 24.6 Å². The van der Waals surface area contributed by atoms with Crippen LogP contribution < -0.4 is 4.74 Å². The van der Waals surface area contributed by atoms with Gasteiger partial charge in [-0.25, -0.2) is 4.98 Å². The molecule has 0 aliphatic heterocycles. The molecule has 3 heterocycles. The van der Waals surface area contributed by atoms with Crippen LogP contribution in [-0.4, -0.2) is 43.5 Å². The third-order valence-corrected chi connectivity index (χ3v) is 3.91. The van der Waals surface area contributed by atoms with Crippen molar-refractivity contribution in [3.05, 3.63) is 36.5 Å². The monoisotopic (exact) mass is 417 g/mol. The smallest absolute Gasteiger partial charge is 0.425 e. The van der Waals surface area contributed by atoms with Gasteiger partial charge in [0.15, 0.2) is 11.8 Å². The van der Waals surface area contributed by atoms with E-state index in [9.17, 15) is 22.0 Å². The Morgan fingerprint density at radius 3 is 2.38 bits per heavy atom. The normalized spacial score (nSPS) is 13.6. The first-order valence-corrected chi connectivity index (χ1v) is 8.58. The number of hydrogen-bond donors (Lipinski definition) is 0. The summed E-state index contributed by atoms with van der Waals surface area (Å²) in [6.07, 6.45) is -6.69. The molecule has 3 aromatic rings. The molecule has 0 spiro atoms. The van der Waals surface area contributed by atoms with Crippen LogP contribution in [-0.2, 0) is 10.8 Å². The number of rotatable bonds is 7. The van der Waals surface area contributed by atoms with Crippen molar-refractivity contribution >= 4 is 5.65 Å². The SMILES string of the molecule is CCOC(F)(F)c1nnc2cnc(-c3ccc(O[C@H](CC)C(F)(F)F)nc3)cn12. The fraction of sp³-hybridized carbons (Fsp3) is 0.412. The van der Waals surface area contributed by atoms with Gasteiger partial charge in [-0.1, -0.05) is 6.92 Å².